The van der Waals surface area contributed by atoms with Crippen molar-refractivity contribution in [3.8, 4) is 11.4 Å². The number of carboxylic acids is 1. The SMILES string of the molecule is C[C@]1(C(=O)O)CC[C@H](OC2CCN(c3ccc(-c4nc5ccc(F)cc5[nH]4)cn3)CC2)CC1. The number of aliphatic carboxylic acids is 1. The van der Waals surface area contributed by atoms with Crippen molar-refractivity contribution in [2.45, 2.75) is 57.7 Å². The molecule has 2 aliphatic rings. The van der Waals surface area contributed by atoms with Crippen molar-refractivity contribution in [2.24, 2.45) is 5.41 Å². The summed E-state index contributed by atoms with van der Waals surface area (Å²) in [7, 11) is 0. The molecule has 2 N–H and O–H groups in total. The molecule has 2 fully saturated rings. The van der Waals surface area contributed by atoms with Gasteiger partial charge in [0.15, 0.2) is 0 Å². The van der Waals surface area contributed by atoms with E-state index in [9.17, 15) is 14.3 Å². The molecule has 1 aliphatic heterocycles. The summed E-state index contributed by atoms with van der Waals surface area (Å²) in [6, 6.07) is 8.50. The predicted octanol–water partition coefficient (Wildman–Crippen LogP) is 4.78. The third-order valence-electron chi connectivity index (χ3n) is 7.17. The number of H-pyrrole nitrogens is 1. The van der Waals surface area contributed by atoms with Gasteiger partial charge < -0.3 is 19.7 Å². The fraction of sp³-hybridized carbons (Fsp3) is 0.480. The average molecular weight is 453 g/mol. The molecule has 2 aromatic heterocycles. The largest absolute Gasteiger partial charge is 0.481 e. The Balaban J connectivity index is 1.15. The zero-order chi connectivity index (χ0) is 23.0. The number of halogens is 1. The quantitative estimate of drug-likeness (QED) is 0.579. The monoisotopic (exact) mass is 452 g/mol. The van der Waals surface area contributed by atoms with Gasteiger partial charge in [-0.2, -0.15) is 0 Å². The van der Waals surface area contributed by atoms with Crippen LogP contribution in [0.15, 0.2) is 36.5 Å². The lowest BCUT2D eigenvalue weighted by Crippen LogP contribution is -2.41. The Labute approximate surface area is 192 Å². The number of carboxylic acid groups (broad SMARTS) is 1. The number of aromatic nitrogens is 3. The molecule has 0 amide bonds. The lowest BCUT2D eigenvalue weighted by Gasteiger charge is -2.38. The molecule has 174 valence electrons. The normalized spacial score (nSPS) is 24.3. The first kappa shape index (κ1) is 21.8. The van der Waals surface area contributed by atoms with E-state index in [1.807, 2.05) is 19.1 Å². The van der Waals surface area contributed by atoms with E-state index in [0.717, 1.165) is 55.7 Å². The van der Waals surface area contributed by atoms with Crippen LogP contribution in [0, 0.1) is 11.2 Å². The highest BCUT2D eigenvalue weighted by Crippen LogP contribution is 2.38. The number of pyridine rings is 1. The van der Waals surface area contributed by atoms with Crippen LogP contribution in [0.5, 0.6) is 0 Å². The molecule has 0 radical (unpaired) electrons. The van der Waals surface area contributed by atoms with E-state index < -0.39 is 11.4 Å². The van der Waals surface area contributed by atoms with Crippen molar-refractivity contribution in [2.75, 3.05) is 18.0 Å². The number of nitrogens with one attached hydrogen (secondary N) is 1. The van der Waals surface area contributed by atoms with Gasteiger partial charge in [-0.3, -0.25) is 4.79 Å². The third kappa shape index (κ3) is 4.57. The van der Waals surface area contributed by atoms with Crippen molar-refractivity contribution in [3.63, 3.8) is 0 Å². The first-order valence-corrected chi connectivity index (χ1v) is 11.7. The molecule has 1 saturated heterocycles. The van der Waals surface area contributed by atoms with Crippen LogP contribution < -0.4 is 4.90 Å². The van der Waals surface area contributed by atoms with Gasteiger partial charge >= 0.3 is 5.97 Å². The summed E-state index contributed by atoms with van der Waals surface area (Å²) in [4.78, 5) is 26.0. The first-order valence-electron chi connectivity index (χ1n) is 11.7. The van der Waals surface area contributed by atoms with Crippen LogP contribution in [0.25, 0.3) is 22.4 Å². The van der Waals surface area contributed by atoms with Crippen molar-refractivity contribution >= 4 is 22.8 Å². The number of hydrogen-bond acceptors (Lipinski definition) is 5. The minimum absolute atomic E-state index is 0.170. The van der Waals surface area contributed by atoms with Gasteiger partial charge in [-0.05, 0) is 75.8 Å². The van der Waals surface area contributed by atoms with Gasteiger partial charge in [0.25, 0.3) is 0 Å². The van der Waals surface area contributed by atoms with E-state index in [1.165, 1.54) is 12.1 Å². The van der Waals surface area contributed by atoms with Crippen LogP contribution in [0.1, 0.15) is 45.4 Å². The number of fused-ring (bicyclic) bond motifs is 1. The maximum atomic E-state index is 13.4. The summed E-state index contributed by atoms with van der Waals surface area (Å²) >= 11 is 0. The van der Waals surface area contributed by atoms with E-state index in [2.05, 4.69) is 19.9 Å². The fourth-order valence-electron chi connectivity index (χ4n) is 4.90. The van der Waals surface area contributed by atoms with Gasteiger partial charge in [0.2, 0.25) is 0 Å². The molecular weight excluding hydrogens is 423 g/mol. The summed E-state index contributed by atoms with van der Waals surface area (Å²) in [5, 5.41) is 9.40. The Morgan fingerprint density at radius 2 is 1.88 bits per heavy atom. The molecule has 0 bridgehead atoms. The molecule has 1 aliphatic carbocycles. The maximum Gasteiger partial charge on any atom is 0.309 e. The van der Waals surface area contributed by atoms with Gasteiger partial charge in [-0.25, -0.2) is 14.4 Å². The molecule has 8 heteroatoms. The lowest BCUT2D eigenvalue weighted by molar-refractivity contribution is -0.152. The van der Waals surface area contributed by atoms with E-state index in [4.69, 9.17) is 4.74 Å². The molecule has 0 spiro atoms. The zero-order valence-electron chi connectivity index (χ0n) is 18.8. The zero-order valence-corrected chi connectivity index (χ0v) is 18.8. The standard InChI is InChI=1S/C25H29FN4O3/c1-25(24(31)32)10-6-18(7-11-25)33-19-8-12-30(13-9-19)22-5-2-16(15-27-22)23-28-20-4-3-17(26)14-21(20)29-23/h2-5,14-15,18-19H,6-13H2,1H3,(H,28,29)(H,31,32)/t18-,25-. The second kappa shape index (κ2) is 8.74. The number of ether oxygens (including phenoxy) is 1. The number of piperidine rings is 1. The average Bonchev–Trinajstić information content (AvgIpc) is 3.24. The van der Waals surface area contributed by atoms with Crippen molar-refractivity contribution < 1.29 is 19.0 Å². The number of rotatable bonds is 5. The van der Waals surface area contributed by atoms with E-state index >= 15 is 0 Å². The van der Waals surface area contributed by atoms with Gasteiger partial charge in [-0.15, -0.1) is 0 Å². The Bertz CT molecular complexity index is 1130. The smallest absolute Gasteiger partial charge is 0.309 e. The number of aromatic amines is 1. The van der Waals surface area contributed by atoms with E-state index in [0.29, 0.717) is 24.2 Å². The molecule has 3 aromatic rings. The van der Waals surface area contributed by atoms with Crippen molar-refractivity contribution in [1.82, 2.24) is 15.0 Å². The molecule has 0 atom stereocenters. The molecule has 33 heavy (non-hydrogen) atoms. The Morgan fingerprint density at radius 1 is 1.15 bits per heavy atom. The number of imidazole rings is 1. The summed E-state index contributed by atoms with van der Waals surface area (Å²) in [5.74, 6) is 0.616. The second-order valence-electron chi connectivity index (χ2n) is 9.54. The second-order valence-corrected chi connectivity index (χ2v) is 9.54. The fourth-order valence-corrected chi connectivity index (χ4v) is 4.90. The van der Waals surface area contributed by atoms with Crippen LogP contribution in [-0.2, 0) is 9.53 Å². The van der Waals surface area contributed by atoms with Gasteiger partial charge in [0.1, 0.15) is 17.5 Å². The maximum absolute atomic E-state index is 13.4. The predicted molar refractivity (Wildman–Crippen MR) is 124 cm³/mol. The molecule has 0 unspecified atom stereocenters. The Hall–Kier alpha value is -3.00. The number of benzene rings is 1. The molecule has 7 nitrogen and oxygen atoms in total. The summed E-state index contributed by atoms with van der Waals surface area (Å²) in [6.07, 6.45) is 7.06. The highest BCUT2D eigenvalue weighted by molar-refractivity contribution is 5.79. The lowest BCUT2D eigenvalue weighted by atomic mass is 9.75. The topological polar surface area (TPSA) is 91.3 Å². The summed E-state index contributed by atoms with van der Waals surface area (Å²) in [6.45, 7) is 3.59. The first-order chi connectivity index (χ1) is 15.9. The van der Waals surface area contributed by atoms with Crippen LogP contribution in [0.4, 0.5) is 10.2 Å². The molecule has 5 rings (SSSR count). The van der Waals surface area contributed by atoms with Gasteiger partial charge in [0.05, 0.1) is 28.7 Å². The highest BCUT2D eigenvalue weighted by atomic mass is 19.1. The molecule has 1 saturated carbocycles. The Kier molecular flexibility index (Phi) is 5.78. The molecule has 1 aromatic carbocycles. The van der Waals surface area contributed by atoms with Gasteiger partial charge in [-0.1, -0.05) is 0 Å². The number of nitrogens with zero attached hydrogens (tertiary/aromatic N) is 3. The minimum atomic E-state index is -0.693. The molecular formula is C25H29FN4O3. The van der Waals surface area contributed by atoms with E-state index in [1.54, 1.807) is 12.3 Å². The van der Waals surface area contributed by atoms with Crippen LogP contribution >= 0.6 is 0 Å². The van der Waals surface area contributed by atoms with E-state index in [-0.39, 0.29) is 18.0 Å². The number of anilines is 1. The summed E-state index contributed by atoms with van der Waals surface area (Å²) < 4.78 is 19.8. The summed E-state index contributed by atoms with van der Waals surface area (Å²) in [5.41, 5.74) is 1.66. The van der Waals surface area contributed by atoms with Crippen LogP contribution in [0.2, 0.25) is 0 Å². The Morgan fingerprint density at radius 3 is 2.55 bits per heavy atom. The molecule has 3 heterocycles. The number of carbonyl (C=O) groups is 1. The highest BCUT2D eigenvalue weighted by Gasteiger charge is 2.38. The van der Waals surface area contributed by atoms with Crippen molar-refractivity contribution in [3.05, 3.63) is 42.3 Å². The van der Waals surface area contributed by atoms with Crippen molar-refractivity contribution in [1.29, 1.82) is 0 Å². The van der Waals surface area contributed by atoms with Crippen LogP contribution in [-0.4, -0.2) is 51.3 Å². The van der Waals surface area contributed by atoms with Crippen LogP contribution in [0.3, 0.4) is 0 Å². The minimum Gasteiger partial charge on any atom is -0.481 e. The van der Waals surface area contributed by atoms with Gasteiger partial charge in [0, 0.05) is 24.8 Å². The third-order valence-corrected chi connectivity index (χ3v) is 7.17. The number of hydrogen-bond donors (Lipinski definition) is 2.